The molecule has 1 rings (SSSR count). The van der Waals surface area contributed by atoms with E-state index >= 15 is 0 Å². The first kappa shape index (κ1) is 16.7. The number of alkyl halides is 3. The Hall–Kier alpha value is -1.35. The number of piperazine rings is 1. The lowest BCUT2D eigenvalue weighted by molar-refractivity contribution is -0.194. The lowest BCUT2D eigenvalue weighted by Gasteiger charge is -2.40. The molecule has 2 unspecified atom stereocenters. The number of nitrogens with zero attached hydrogens (tertiary/aromatic N) is 2. The van der Waals surface area contributed by atoms with Crippen molar-refractivity contribution in [2.24, 2.45) is 5.73 Å². The number of carboxylic acid groups (broad SMARTS) is 1. The van der Waals surface area contributed by atoms with Crippen LogP contribution in [0.2, 0.25) is 0 Å². The Balaban J connectivity index is 2.66. The summed E-state index contributed by atoms with van der Waals surface area (Å²) in [6.45, 7) is 2.59. The largest absolute Gasteiger partial charge is 0.480 e. The molecule has 1 amide bonds. The second kappa shape index (κ2) is 5.57. The van der Waals surface area contributed by atoms with Gasteiger partial charge in [0.05, 0.1) is 0 Å². The van der Waals surface area contributed by atoms with Gasteiger partial charge in [0.15, 0.2) is 5.54 Å². The van der Waals surface area contributed by atoms with E-state index in [1.165, 1.54) is 6.92 Å². The van der Waals surface area contributed by atoms with Crippen molar-refractivity contribution in [3.63, 3.8) is 0 Å². The molecular weight excluding hydrogens is 279 g/mol. The molecule has 1 saturated heterocycles. The summed E-state index contributed by atoms with van der Waals surface area (Å²) in [6.07, 6.45) is -4.82. The lowest BCUT2D eigenvalue weighted by Crippen LogP contribution is -2.65. The van der Waals surface area contributed by atoms with Gasteiger partial charge in [-0.05, 0) is 13.8 Å². The molecule has 0 aliphatic carbocycles. The first-order valence-electron chi connectivity index (χ1n) is 6.10. The zero-order chi connectivity index (χ0) is 15.7. The Kier molecular flexibility index (Phi) is 4.65. The molecule has 1 heterocycles. The van der Waals surface area contributed by atoms with Crippen LogP contribution in [0.4, 0.5) is 13.2 Å². The van der Waals surface area contributed by atoms with Crippen LogP contribution in [0.3, 0.4) is 0 Å². The maximum Gasteiger partial charge on any atom is 0.415 e. The van der Waals surface area contributed by atoms with Crippen LogP contribution in [-0.4, -0.2) is 70.7 Å². The van der Waals surface area contributed by atoms with Gasteiger partial charge in [-0.1, -0.05) is 0 Å². The molecule has 9 heteroatoms. The van der Waals surface area contributed by atoms with E-state index in [1.807, 2.05) is 0 Å². The first-order valence-corrected chi connectivity index (χ1v) is 6.10. The summed E-state index contributed by atoms with van der Waals surface area (Å²) in [4.78, 5) is 25.3. The smallest absolute Gasteiger partial charge is 0.415 e. The molecule has 1 aliphatic heterocycles. The number of nitrogens with two attached hydrogens (primary N) is 1. The van der Waals surface area contributed by atoms with Crippen LogP contribution in [0.25, 0.3) is 0 Å². The number of hydrogen-bond acceptors (Lipinski definition) is 4. The quantitative estimate of drug-likeness (QED) is 0.758. The Bertz CT molecular complexity index is 390. The van der Waals surface area contributed by atoms with Crippen molar-refractivity contribution >= 4 is 11.9 Å². The van der Waals surface area contributed by atoms with Crippen molar-refractivity contribution in [3.8, 4) is 0 Å². The highest BCUT2D eigenvalue weighted by atomic mass is 19.4. The fraction of sp³-hybridized carbons (Fsp3) is 0.818. The highest BCUT2D eigenvalue weighted by Gasteiger charge is 2.55. The molecule has 2 atom stereocenters. The summed E-state index contributed by atoms with van der Waals surface area (Å²) in [7, 11) is 0. The van der Waals surface area contributed by atoms with E-state index in [1.54, 1.807) is 4.90 Å². The third kappa shape index (κ3) is 3.21. The fourth-order valence-electron chi connectivity index (χ4n) is 1.92. The average Bonchev–Trinajstić information content (AvgIpc) is 2.35. The highest BCUT2D eigenvalue weighted by molar-refractivity contribution is 5.86. The van der Waals surface area contributed by atoms with E-state index in [4.69, 9.17) is 10.8 Å². The SMILES string of the molecule is CC(C(=O)O)N1CCN(C(=O)C(C)(N)C(F)(F)F)CC1. The van der Waals surface area contributed by atoms with Crippen molar-refractivity contribution in [2.75, 3.05) is 26.2 Å². The van der Waals surface area contributed by atoms with Crippen LogP contribution in [0.1, 0.15) is 13.8 Å². The van der Waals surface area contributed by atoms with E-state index in [9.17, 15) is 22.8 Å². The number of aliphatic carboxylic acids is 1. The van der Waals surface area contributed by atoms with Crippen LogP contribution in [0, 0.1) is 0 Å². The molecule has 0 spiro atoms. The van der Waals surface area contributed by atoms with Crippen molar-refractivity contribution in [1.82, 2.24) is 9.80 Å². The van der Waals surface area contributed by atoms with Gasteiger partial charge in [-0.25, -0.2) is 0 Å². The first-order chi connectivity index (χ1) is 8.98. The summed E-state index contributed by atoms with van der Waals surface area (Å²) in [5.41, 5.74) is 2.16. The summed E-state index contributed by atoms with van der Waals surface area (Å²) in [5, 5.41) is 8.85. The second-order valence-electron chi connectivity index (χ2n) is 5.04. The van der Waals surface area contributed by atoms with E-state index < -0.39 is 29.6 Å². The Labute approximate surface area is 114 Å². The Morgan fingerprint density at radius 2 is 1.65 bits per heavy atom. The number of hydrogen-bond donors (Lipinski definition) is 2. The summed E-state index contributed by atoms with van der Waals surface area (Å²) in [6, 6.07) is -0.737. The van der Waals surface area contributed by atoms with Crippen LogP contribution >= 0.6 is 0 Å². The van der Waals surface area contributed by atoms with Crippen molar-refractivity contribution in [2.45, 2.75) is 31.6 Å². The number of rotatable bonds is 3. The zero-order valence-electron chi connectivity index (χ0n) is 11.3. The fourth-order valence-corrected chi connectivity index (χ4v) is 1.92. The molecule has 20 heavy (non-hydrogen) atoms. The minimum absolute atomic E-state index is 0.0271. The molecule has 3 N–H and O–H groups in total. The Morgan fingerprint density at radius 1 is 1.20 bits per heavy atom. The molecular formula is C11H18F3N3O3. The minimum Gasteiger partial charge on any atom is -0.480 e. The Morgan fingerprint density at radius 3 is 2.00 bits per heavy atom. The summed E-state index contributed by atoms with van der Waals surface area (Å²) < 4.78 is 38.1. The lowest BCUT2D eigenvalue weighted by atomic mass is 10.0. The van der Waals surface area contributed by atoms with Gasteiger partial charge in [-0.2, -0.15) is 13.2 Å². The predicted molar refractivity (Wildman–Crippen MR) is 63.9 cm³/mol. The third-order valence-corrected chi connectivity index (χ3v) is 3.54. The van der Waals surface area contributed by atoms with Gasteiger partial charge in [-0.3, -0.25) is 14.5 Å². The van der Waals surface area contributed by atoms with Gasteiger partial charge in [-0.15, -0.1) is 0 Å². The minimum atomic E-state index is -4.82. The summed E-state index contributed by atoms with van der Waals surface area (Å²) in [5.74, 6) is -2.20. The number of carboxylic acids is 1. The number of carbonyl (C=O) groups is 2. The maximum atomic E-state index is 12.7. The number of carbonyl (C=O) groups excluding carboxylic acids is 1. The van der Waals surface area contributed by atoms with Crippen molar-refractivity contribution in [1.29, 1.82) is 0 Å². The van der Waals surface area contributed by atoms with Gasteiger partial charge in [0.25, 0.3) is 5.91 Å². The second-order valence-corrected chi connectivity index (χ2v) is 5.04. The predicted octanol–water partition coefficient (Wildman–Crippen LogP) is -0.117. The number of halogens is 3. The third-order valence-electron chi connectivity index (χ3n) is 3.54. The van der Waals surface area contributed by atoms with Crippen molar-refractivity contribution in [3.05, 3.63) is 0 Å². The highest BCUT2D eigenvalue weighted by Crippen LogP contribution is 2.29. The van der Waals surface area contributed by atoms with Gasteiger partial charge in [0.2, 0.25) is 0 Å². The van der Waals surface area contributed by atoms with E-state index in [-0.39, 0.29) is 26.2 Å². The molecule has 0 saturated carbocycles. The molecule has 0 aromatic carbocycles. The number of amides is 1. The van der Waals surface area contributed by atoms with Gasteiger partial charge in [0, 0.05) is 26.2 Å². The normalized spacial score (nSPS) is 22.2. The molecule has 116 valence electrons. The monoisotopic (exact) mass is 297 g/mol. The van der Waals surface area contributed by atoms with E-state index in [0.717, 1.165) is 4.90 Å². The molecule has 0 aromatic heterocycles. The van der Waals surface area contributed by atoms with Crippen LogP contribution in [0.5, 0.6) is 0 Å². The average molecular weight is 297 g/mol. The summed E-state index contributed by atoms with van der Waals surface area (Å²) >= 11 is 0. The van der Waals surface area contributed by atoms with E-state index in [0.29, 0.717) is 6.92 Å². The molecule has 0 aromatic rings. The van der Waals surface area contributed by atoms with Gasteiger partial charge < -0.3 is 15.7 Å². The zero-order valence-corrected chi connectivity index (χ0v) is 11.3. The molecule has 1 fully saturated rings. The molecule has 6 nitrogen and oxygen atoms in total. The topological polar surface area (TPSA) is 86.9 Å². The molecule has 0 bridgehead atoms. The van der Waals surface area contributed by atoms with Gasteiger partial charge >= 0.3 is 12.1 Å². The molecule has 0 radical (unpaired) electrons. The van der Waals surface area contributed by atoms with Crippen LogP contribution in [0.15, 0.2) is 0 Å². The van der Waals surface area contributed by atoms with E-state index in [2.05, 4.69) is 0 Å². The molecule has 1 aliphatic rings. The van der Waals surface area contributed by atoms with Gasteiger partial charge in [0.1, 0.15) is 6.04 Å². The standard InChI is InChI=1S/C11H18F3N3O3/c1-7(8(18)19)16-3-5-17(6-4-16)9(20)10(2,15)11(12,13)14/h7H,3-6,15H2,1-2H3,(H,18,19). The van der Waals surface area contributed by atoms with Crippen molar-refractivity contribution < 1.29 is 27.9 Å². The maximum absolute atomic E-state index is 12.7. The van der Waals surface area contributed by atoms with Crippen LogP contribution in [-0.2, 0) is 9.59 Å². The van der Waals surface area contributed by atoms with Crippen LogP contribution < -0.4 is 5.73 Å².